The van der Waals surface area contributed by atoms with E-state index in [1.807, 2.05) is 6.07 Å². The van der Waals surface area contributed by atoms with Crippen molar-refractivity contribution in [3.63, 3.8) is 0 Å². The maximum Gasteiger partial charge on any atom is 0.224 e. The third-order valence-electron chi connectivity index (χ3n) is 3.48. The van der Waals surface area contributed by atoms with Crippen LogP contribution in [0.5, 0.6) is 5.75 Å². The molecule has 2 unspecified atom stereocenters. The number of phenols is 1. The Bertz CT molecular complexity index is 422. The van der Waals surface area contributed by atoms with Gasteiger partial charge in [-0.25, -0.2) is 0 Å². The first-order chi connectivity index (χ1) is 8.69. The molecule has 1 aliphatic carbocycles. The van der Waals surface area contributed by atoms with Crippen molar-refractivity contribution in [2.45, 2.75) is 31.7 Å². The monoisotopic (exact) mass is 311 g/mol. The summed E-state index contributed by atoms with van der Waals surface area (Å²) in [4.78, 5) is 11.9. The topological polar surface area (TPSA) is 49.3 Å². The van der Waals surface area contributed by atoms with Crippen LogP contribution in [0.2, 0.25) is 0 Å². The fraction of sp³-hybridized carbons (Fsp3) is 0.500. The minimum absolute atomic E-state index is 0.0402. The van der Waals surface area contributed by atoms with Crippen molar-refractivity contribution in [2.75, 3.05) is 5.33 Å². The number of hydrogen-bond acceptors (Lipinski definition) is 2. The van der Waals surface area contributed by atoms with Gasteiger partial charge in [0, 0.05) is 11.4 Å². The molecule has 0 aromatic heterocycles. The van der Waals surface area contributed by atoms with Crippen molar-refractivity contribution >= 4 is 21.8 Å². The van der Waals surface area contributed by atoms with Gasteiger partial charge in [-0.15, -0.1) is 0 Å². The van der Waals surface area contributed by atoms with Gasteiger partial charge in [0.2, 0.25) is 5.91 Å². The van der Waals surface area contributed by atoms with Gasteiger partial charge in [-0.05, 0) is 36.5 Å². The van der Waals surface area contributed by atoms with Gasteiger partial charge in [-0.3, -0.25) is 4.79 Å². The number of aromatic hydroxyl groups is 1. The van der Waals surface area contributed by atoms with E-state index in [1.165, 1.54) is 12.8 Å². The van der Waals surface area contributed by atoms with Crippen LogP contribution in [0.25, 0.3) is 0 Å². The van der Waals surface area contributed by atoms with E-state index in [-0.39, 0.29) is 11.7 Å². The second-order valence-electron chi connectivity index (χ2n) is 4.87. The highest BCUT2D eigenvalue weighted by molar-refractivity contribution is 9.09. The van der Waals surface area contributed by atoms with Crippen LogP contribution in [0.15, 0.2) is 24.3 Å². The summed E-state index contributed by atoms with van der Waals surface area (Å²) in [5.74, 6) is 0.802. The number of amides is 1. The molecule has 98 valence electrons. The van der Waals surface area contributed by atoms with Crippen molar-refractivity contribution < 1.29 is 9.90 Å². The Morgan fingerprint density at radius 3 is 3.00 bits per heavy atom. The Labute approximate surface area is 116 Å². The third kappa shape index (κ3) is 3.48. The van der Waals surface area contributed by atoms with Crippen LogP contribution in [0.1, 0.15) is 24.8 Å². The van der Waals surface area contributed by atoms with E-state index in [2.05, 4.69) is 21.2 Å². The minimum Gasteiger partial charge on any atom is -0.508 e. The normalized spacial score (nSPS) is 22.9. The lowest BCUT2D eigenvalue weighted by atomic mass is 10.1. The fourth-order valence-electron chi connectivity index (χ4n) is 2.52. The number of alkyl halides is 1. The lowest BCUT2D eigenvalue weighted by Gasteiger charge is -2.19. The first-order valence-electron chi connectivity index (χ1n) is 6.32. The first kappa shape index (κ1) is 13.4. The van der Waals surface area contributed by atoms with Gasteiger partial charge in [0.1, 0.15) is 5.75 Å². The number of carbonyl (C=O) groups excluding carboxylic acids is 1. The van der Waals surface area contributed by atoms with Crippen LogP contribution >= 0.6 is 15.9 Å². The summed E-state index contributed by atoms with van der Waals surface area (Å²) in [6, 6.07) is 7.16. The van der Waals surface area contributed by atoms with Crippen LogP contribution in [-0.2, 0) is 11.2 Å². The molecule has 3 nitrogen and oxygen atoms in total. The highest BCUT2D eigenvalue weighted by Crippen LogP contribution is 2.27. The number of carbonyl (C=O) groups is 1. The van der Waals surface area contributed by atoms with Crippen molar-refractivity contribution in [3.05, 3.63) is 29.8 Å². The van der Waals surface area contributed by atoms with E-state index in [1.54, 1.807) is 18.2 Å². The molecular weight excluding hydrogens is 294 g/mol. The first-order valence-corrected chi connectivity index (χ1v) is 7.44. The predicted molar refractivity (Wildman–Crippen MR) is 74.9 cm³/mol. The fourth-order valence-corrected chi connectivity index (χ4v) is 3.30. The van der Waals surface area contributed by atoms with Crippen LogP contribution in [0, 0.1) is 5.92 Å². The summed E-state index contributed by atoms with van der Waals surface area (Å²) in [5, 5.41) is 13.4. The molecule has 4 heteroatoms. The zero-order valence-corrected chi connectivity index (χ0v) is 11.8. The van der Waals surface area contributed by atoms with Gasteiger partial charge in [0.25, 0.3) is 0 Å². The minimum atomic E-state index is 0.0402. The standard InChI is InChI=1S/C14H18BrNO2/c15-9-11-4-2-6-13(11)16-14(18)8-10-3-1-5-12(17)7-10/h1,3,5,7,11,13,17H,2,4,6,8-9H2,(H,16,18). The Balaban J connectivity index is 1.89. The maximum absolute atomic E-state index is 11.9. The summed E-state index contributed by atoms with van der Waals surface area (Å²) in [7, 11) is 0. The Morgan fingerprint density at radius 1 is 1.44 bits per heavy atom. The van der Waals surface area contributed by atoms with Crippen LogP contribution in [0.4, 0.5) is 0 Å². The maximum atomic E-state index is 11.9. The molecule has 1 aromatic rings. The zero-order valence-electron chi connectivity index (χ0n) is 10.2. The molecule has 0 saturated heterocycles. The number of phenolic OH excluding ortho intramolecular Hbond substituents is 1. The number of halogens is 1. The van der Waals surface area contributed by atoms with Gasteiger partial charge in [-0.1, -0.05) is 34.5 Å². The average Bonchev–Trinajstić information content (AvgIpc) is 2.76. The van der Waals surface area contributed by atoms with Gasteiger partial charge in [-0.2, -0.15) is 0 Å². The lowest BCUT2D eigenvalue weighted by molar-refractivity contribution is -0.121. The van der Waals surface area contributed by atoms with Crippen molar-refractivity contribution in [1.29, 1.82) is 0 Å². The summed E-state index contributed by atoms with van der Waals surface area (Å²) < 4.78 is 0. The van der Waals surface area contributed by atoms with E-state index in [4.69, 9.17) is 0 Å². The Kier molecular flexibility index (Phi) is 4.64. The molecule has 2 N–H and O–H groups in total. The van der Waals surface area contributed by atoms with E-state index in [9.17, 15) is 9.90 Å². The molecular formula is C14H18BrNO2. The summed E-state index contributed by atoms with van der Waals surface area (Å²) in [6.07, 6.45) is 3.78. The molecule has 2 rings (SSSR count). The molecule has 1 aliphatic rings. The molecule has 1 aromatic carbocycles. The second kappa shape index (κ2) is 6.23. The molecule has 0 aliphatic heterocycles. The number of nitrogens with one attached hydrogen (secondary N) is 1. The summed E-state index contributed by atoms with van der Waals surface area (Å²) >= 11 is 3.50. The van der Waals surface area contributed by atoms with Crippen LogP contribution in [0.3, 0.4) is 0 Å². The molecule has 18 heavy (non-hydrogen) atoms. The highest BCUT2D eigenvalue weighted by atomic mass is 79.9. The number of hydrogen-bond donors (Lipinski definition) is 2. The van der Waals surface area contributed by atoms with E-state index < -0.39 is 0 Å². The SMILES string of the molecule is O=C(Cc1cccc(O)c1)NC1CCCC1CBr. The number of benzene rings is 1. The second-order valence-corrected chi connectivity index (χ2v) is 5.51. The zero-order chi connectivity index (χ0) is 13.0. The quantitative estimate of drug-likeness (QED) is 0.840. The smallest absolute Gasteiger partial charge is 0.224 e. The molecule has 2 atom stereocenters. The third-order valence-corrected chi connectivity index (χ3v) is 4.31. The molecule has 1 fully saturated rings. The van der Waals surface area contributed by atoms with E-state index in [0.29, 0.717) is 18.4 Å². The molecule has 0 radical (unpaired) electrons. The molecule has 0 heterocycles. The molecule has 0 bridgehead atoms. The number of rotatable bonds is 4. The Hall–Kier alpha value is -1.03. The van der Waals surface area contributed by atoms with Crippen LogP contribution < -0.4 is 5.32 Å². The van der Waals surface area contributed by atoms with Crippen LogP contribution in [-0.4, -0.2) is 22.4 Å². The molecule has 1 amide bonds. The molecule has 0 spiro atoms. The summed E-state index contributed by atoms with van der Waals surface area (Å²) in [5.41, 5.74) is 0.848. The largest absolute Gasteiger partial charge is 0.508 e. The summed E-state index contributed by atoms with van der Waals surface area (Å²) in [6.45, 7) is 0. The average molecular weight is 312 g/mol. The van der Waals surface area contributed by atoms with Gasteiger partial charge >= 0.3 is 0 Å². The van der Waals surface area contributed by atoms with Gasteiger partial charge in [0.05, 0.1) is 6.42 Å². The predicted octanol–water partition coefficient (Wildman–Crippen LogP) is 2.61. The molecule has 1 saturated carbocycles. The van der Waals surface area contributed by atoms with Crippen molar-refractivity contribution in [2.24, 2.45) is 5.92 Å². The highest BCUT2D eigenvalue weighted by Gasteiger charge is 2.27. The van der Waals surface area contributed by atoms with Crippen molar-refractivity contribution in [1.82, 2.24) is 5.32 Å². The van der Waals surface area contributed by atoms with Gasteiger partial charge in [0.15, 0.2) is 0 Å². The lowest BCUT2D eigenvalue weighted by Crippen LogP contribution is -2.38. The van der Waals surface area contributed by atoms with Crippen molar-refractivity contribution in [3.8, 4) is 5.75 Å². The van der Waals surface area contributed by atoms with E-state index in [0.717, 1.165) is 17.3 Å². The Morgan fingerprint density at radius 2 is 2.28 bits per heavy atom. The van der Waals surface area contributed by atoms with E-state index >= 15 is 0 Å². The van der Waals surface area contributed by atoms with Gasteiger partial charge < -0.3 is 10.4 Å².